The standard InChI is InChI=1S/C14H16F4O4S/c1-8(19)23-6-5-11(20)12(21)9-3-2-4-10(7-9)22-14(17,18)13(15)16/h2-4,7,11-13,20-21H,5-6H2,1H3. The molecule has 0 saturated carbocycles. The molecule has 2 N–H and O–H groups in total. The molecule has 1 aromatic rings. The zero-order valence-electron chi connectivity index (χ0n) is 12.1. The van der Waals surface area contributed by atoms with E-state index in [0.29, 0.717) is 0 Å². The van der Waals surface area contributed by atoms with Crippen LogP contribution in [0.25, 0.3) is 0 Å². The second kappa shape index (κ2) is 8.51. The van der Waals surface area contributed by atoms with E-state index in [-0.39, 0.29) is 22.9 Å². The van der Waals surface area contributed by atoms with Gasteiger partial charge >= 0.3 is 12.5 Å². The molecule has 0 aliphatic heterocycles. The molecule has 0 heterocycles. The molecular formula is C14H16F4O4S. The predicted molar refractivity (Wildman–Crippen MR) is 76.7 cm³/mol. The van der Waals surface area contributed by atoms with Crippen LogP contribution in [0.15, 0.2) is 24.3 Å². The molecule has 23 heavy (non-hydrogen) atoms. The fourth-order valence-electron chi connectivity index (χ4n) is 1.67. The Bertz CT molecular complexity index is 527. The van der Waals surface area contributed by atoms with Crippen LogP contribution in [0.2, 0.25) is 0 Å². The second-order valence-corrected chi connectivity index (χ2v) is 5.95. The minimum atomic E-state index is -4.65. The molecule has 4 nitrogen and oxygen atoms in total. The van der Waals surface area contributed by atoms with Crippen molar-refractivity contribution in [2.45, 2.75) is 38.1 Å². The number of thioether (sulfide) groups is 1. The summed E-state index contributed by atoms with van der Waals surface area (Å²) in [7, 11) is 0. The maximum Gasteiger partial charge on any atom is 0.461 e. The highest BCUT2D eigenvalue weighted by molar-refractivity contribution is 8.13. The molecule has 0 spiro atoms. The molecule has 0 aromatic heterocycles. The lowest BCUT2D eigenvalue weighted by Crippen LogP contribution is -2.33. The number of hydrogen-bond acceptors (Lipinski definition) is 5. The molecular weight excluding hydrogens is 340 g/mol. The fraction of sp³-hybridized carbons (Fsp3) is 0.500. The third-order valence-electron chi connectivity index (χ3n) is 2.79. The number of hydrogen-bond donors (Lipinski definition) is 2. The SMILES string of the molecule is CC(=O)SCCC(O)C(O)c1cccc(OC(F)(F)C(F)F)c1. The summed E-state index contributed by atoms with van der Waals surface area (Å²) >= 11 is 0.969. The van der Waals surface area contributed by atoms with E-state index in [1.165, 1.54) is 19.1 Å². The number of benzene rings is 1. The highest BCUT2D eigenvalue weighted by Crippen LogP contribution is 2.30. The minimum absolute atomic E-state index is 0.0351. The van der Waals surface area contributed by atoms with Gasteiger partial charge in [0.15, 0.2) is 5.12 Å². The van der Waals surface area contributed by atoms with Crippen LogP contribution in [-0.2, 0) is 4.79 Å². The first-order valence-electron chi connectivity index (χ1n) is 6.58. The molecule has 1 aromatic carbocycles. The number of halogens is 4. The number of carbonyl (C=O) groups is 1. The first-order valence-corrected chi connectivity index (χ1v) is 7.56. The van der Waals surface area contributed by atoms with E-state index in [0.717, 1.165) is 23.9 Å². The number of alkyl halides is 4. The van der Waals surface area contributed by atoms with E-state index < -0.39 is 30.5 Å². The van der Waals surface area contributed by atoms with E-state index in [2.05, 4.69) is 4.74 Å². The Morgan fingerprint density at radius 1 is 1.35 bits per heavy atom. The van der Waals surface area contributed by atoms with Gasteiger partial charge in [-0.15, -0.1) is 0 Å². The molecule has 0 aliphatic rings. The van der Waals surface area contributed by atoms with Gasteiger partial charge in [0, 0.05) is 12.7 Å². The van der Waals surface area contributed by atoms with Gasteiger partial charge in [-0.1, -0.05) is 23.9 Å². The zero-order chi connectivity index (χ0) is 17.6. The quantitative estimate of drug-likeness (QED) is 0.701. The van der Waals surface area contributed by atoms with Crippen LogP contribution >= 0.6 is 11.8 Å². The fourth-order valence-corrected chi connectivity index (χ4v) is 2.31. The summed E-state index contributed by atoms with van der Waals surface area (Å²) < 4.78 is 53.8. The van der Waals surface area contributed by atoms with Gasteiger partial charge in [0.1, 0.15) is 11.9 Å². The Morgan fingerprint density at radius 3 is 2.57 bits per heavy atom. The van der Waals surface area contributed by atoms with Crippen molar-refractivity contribution in [3.63, 3.8) is 0 Å². The lowest BCUT2D eigenvalue weighted by Gasteiger charge is -2.20. The normalized spacial score (nSPS) is 14.6. The molecule has 0 aliphatic carbocycles. The summed E-state index contributed by atoms with van der Waals surface area (Å²) in [6.07, 6.45) is -11.2. The molecule has 0 amide bonds. The van der Waals surface area contributed by atoms with Gasteiger partial charge in [0.05, 0.1) is 6.10 Å². The van der Waals surface area contributed by atoms with Gasteiger partial charge in [0.25, 0.3) is 0 Å². The monoisotopic (exact) mass is 356 g/mol. The molecule has 0 bridgehead atoms. The molecule has 1 rings (SSSR count). The third kappa shape index (κ3) is 6.36. The molecule has 130 valence electrons. The molecule has 0 radical (unpaired) electrons. The largest absolute Gasteiger partial charge is 0.461 e. The number of rotatable bonds is 8. The van der Waals surface area contributed by atoms with Crippen LogP contribution < -0.4 is 4.74 Å². The number of aliphatic hydroxyl groups is 2. The van der Waals surface area contributed by atoms with Gasteiger partial charge in [-0.25, -0.2) is 0 Å². The predicted octanol–water partition coefficient (Wildman–Crippen LogP) is 2.99. The van der Waals surface area contributed by atoms with Gasteiger partial charge in [-0.3, -0.25) is 4.79 Å². The van der Waals surface area contributed by atoms with Crippen LogP contribution in [0, 0.1) is 0 Å². The Kier molecular flexibility index (Phi) is 7.30. The van der Waals surface area contributed by atoms with E-state index in [1.807, 2.05) is 0 Å². The molecule has 0 fully saturated rings. The van der Waals surface area contributed by atoms with Crippen molar-refractivity contribution in [1.29, 1.82) is 0 Å². The number of carbonyl (C=O) groups excluding carboxylic acids is 1. The topological polar surface area (TPSA) is 66.8 Å². The lowest BCUT2D eigenvalue weighted by atomic mass is 10.0. The van der Waals surface area contributed by atoms with Gasteiger partial charge in [-0.05, 0) is 24.1 Å². The zero-order valence-corrected chi connectivity index (χ0v) is 12.9. The van der Waals surface area contributed by atoms with Crippen molar-refractivity contribution >= 4 is 16.9 Å². The van der Waals surface area contributed by atoms with Crippen LogP contribution in [-0.4, -0.2) is 39.7 Å². The smallest absolute Gasteiger partial charge is 0.428 e. The average Bonchev–Trinajstić information content (AvgIpc) is 2.45. The van der Waals surface area contributed by atoms with Crippen LogP contribution in [0.1, 0.15) is 25.0 Å². The van der Waals surface area contributed by atoms with E-state index in [9.17, 15) is 32.6 Å². The third-order valence-corrected chi connectivity index (χ3v) is 3.64. The number of aliphatic hydroxyl groups excluding tert-OH is 2. The maximum absolute atomic E-state index is 12.8. The van der Waals surface area contributed by atoms with Gasteiger partial charge in [-0.2, -0.15) is 17.6 Å². The second-order valence-electron chi connectivity index (χ2n) is 4.68. The van der Waals surface area contributed by atoms with E-state index in [4.69, 9.17) is 0 Å². The van der Waals surface area contributed by atoms with Crippen molar-refractivity contribution in [1.82, 2.24) is 0 Å². The Morgan fingerprint density at radius 2 is 2.00 bits per heavy atom. The van der Waals surface area contributed by atoms with Crippen LogP contribution in [0.4, 0.5) is 17.6 Å². The summed E-state index contributed by atoms with van der Waals surface area (Å²) in [6, 6.07) is 4.54. The minimum Gasteiger partial charge on any atom is -0.428 e. The van der Waals surface area contributed by atoms with Crippen molar-refractivity contribution < 1.29 is 37.3 Å². The van der Waals surface area contributed by atoms with Crippen LogP contribution in [0.5, 0.6) is 5.75 Å². The van der Waals surface area contributed by atoms with E-state index >= 15 is 0 Å². The van der Waals surface area contributed by atoms with Crippen molar-refractivity contribution in [2.24, 2.45) is 0 Å². The Hall–Kier alpha value is -1.32. The Labute approximate surface area is 134 Å². The van der Waals surface area contributed by atoms with Crippen LogP contribution in [0.3, 0.4) is 0 Å². The van der Waals surface area contributed by atoms with Gasteiger partial charge < -0.3 is 14.9 Å². The summed E-state index contributed by atoms with van der Waals surface area (Å²) in [4.78, 5) is 10.8. The molecule has 2 atom stereocenters. The summed E-state index contributed by atoms with van der Waals surface area (Å²) in [5.41, 5.74) is 0.0351. The summed E-state index contributed by atoms with van der Waals surface area (Å²) in [5, 5.41) is 19.6. The molecule has 9 heteroatoms. The summed E-state index contributed by atoms with van der Waals surface area (Å²) in [5.74, 6) is -0.287. The highest BCUT2D eigenvalue weighted by Gasteiger charge is 2.44. The van der Waals surface area contributed by atoms with Crippen molar-refractivity contribution in [3.8, 4) is 5.75 Å². The molecule has 0 saturated heterocycles. The first kappa shape index (κ1) is 19.7. The first-order chi connectivity index (χ1) is 10.6. The average molecular weight is 356 g/mol. The lowest BCUT2D eigenvalue weighted by molar-refractivity contribution is -0.253. The highest BCUT2D eigenvalue weighted by atomic mass is 32.2. The maximum atomic E-state index is 12.8. The summed E-state index contributed by atoms with van der Waals surface area (Å²) in [6.45, 7) is 1.36. The van der Waals surface area contributed by atoms with Crippen molar-refractivity contribution in [2.75, 3.05) is 5.75 Å². The van der Waals surface area contributed by atoms with E-state index in [1.54, 1.807) is 0 Å². The number of ether oxygens (including phenoxy) is 1. The van der Waals surface area contributed by atoms with Crippen molar-refractivity contribution in [3.05, 3.63) is 29.8 Å². The Balaban J connectivity index is 2.73. The van der Waals surface area contributed by atoms with Gasteiger partial charge in [0.2, 0.25) is 0 Å². The molecule has 2 unspecified atom stereocenters.